The second kappa shape index (κ2) is 8.45. The molecular formula is C24H22N2O2S. The molecule has 0 saturated carbocycles. The Kier molecular flexibility index (Phi) is 5.58. The predicted molar refractivity (Wildman–Crippen MR) is 119 cm³/mol. The molecule has 2 heterocycles. The molecule has 0 fully saturated rings. The van der Waals surface area contributed by atoms with E-state index in [0.717, 1.165) is 21.5 Å². The lowest BCUT2D eigenvalue weighted by Gasteiger charge is -2.16. The molecule has 0 atom stereocenters. The van der Waals surface area contributed by atoms with Crippen LogP contribution in [0.25, 0.3) is 16.3 Å². The first-order valence-corrected chi connectivity index (χ1v) is 10.4. The highest BCUT2D eigenvalue weighted by atomic mass is 32.1. The summed E-state index contributed by atoms with van der Waals surface area (Å²) in [5.41, 5.74) is 3.13. The number of benzene rings is 2. The lowest BCUT2D eigenvalue weighted by molar-refractivity contribution is -0.114. The molecule has 0 N–H and O–H groups in total. The van der Waals surface area contributed by atoms with Gasteiger partial charge in [0.1, 0.15) is 5.76 Å². The number of rotatable bonds is 6. The minimum absolute atomic E-state index is 0.129. The summed E-state index contributed by atoms with van der Waals surface area (Å²) in [7, 11) is 0. The number of hydrogen-bond donors (Lipinski definition) is 0. The summed E-state index contributed by atoms with van der Waals surface area (Å²) >= 11 is 1.53. The number of furan rings is 1. The van der Waals surface area contributed by atoms with Crippen molar-refractivity contribution in [3.8, 4) is 0 Å². The highest BCUT2D eigenvalue weighted by Gasteiger charge is 2.21. The molecule has 0 aliphatic heterocycles. The van der Waals surface area contributed by atoms with E-state index in [-0.39, 0.29) is 5.91 Å². The molecule has 5 heteroatoms. The summed E-state index contributed by atoms with van der Waals surface area (Å²) in [6.07, 6.45) is 5.03. The first-order chi connectivity index (χ1) is 14.1. The van der Waals surface area contributed by atoms with Gasteiger partial charge in [-0.15, -0.1) is 0 Å². The molecule has 1 amide bonds. The van der Waals surface area contributed by atoms with Gasteiger partial charge in [-0.1, -0.05) is 67.6 Å². The number of thiazole rings is 1. The van der Waals surface area contributed by atoms with Gasteiger partial charge in [0.15, 0.2) is 5.13 Å². The highest BCUT2D eigenvalue weighted by molar-refractivity contribution is 7.22. The molecule has 4 nitrogen and oxygen atoms in total. The van der Waals surface area contributed by atoms with Crippen molar-refractivity contribution in [2.45, 2.75) is 26.3 Å². The molecule has 0 aliphatic rings. The van der Waals surface area contributed by atoms with E-state index < -0.39 is 0 Å². The van der Waals surface area contributed by atoms with Crippen LogP contribution in [0.4, 0.5) is 5.13 Å². The zero-order valence-electron chi connectivity index (χ0n) is 16.4. The minimum atomic E-state index is -0.129. The molecule has 29 heavy (non-hydrogen) atoms. The van der Waals surface area contributed by atoms with Crippen LogP contribution < -0.4 is 4.90 Å². The van der Waals surface area contributed by atoms with Crippen LogP contribution in [-0.2, 0) is 11.3 Å². The summed E-state index contributed by atoms with van der Waals surface area (Å²) in [5, 5.41) is 0.673. The molecular weight excluding hydrogens is 380 g/mol. The van der Waals surface area contributed by atoms with E-state index >= 15 is 0 Å². The van der Waals surface area contributed by atoms with Gasteiger partial charge < -0.3 is 4.42 Å². The largest absolute Gasteiger partial charge is 0.467 e. The Morgan fingerprint density at radius 2 is 1.93 bits per heavy atom. The Hall–Kier alpha value is -3.18. The number of para-hydroxylation sites is 1. The third-order valence-electron chi connectivity index (χ3n) is 4.67. The molecule has 4 aromatic rings. The lowest BCUT2D eigenvalue weighted by atomic mass is 10.0. The first kappa shape index (κ1) is 19.2. The van der Waals surface area contributed by atoms with Crippen molar-refractivity contribution in [2.75, 3.05) is 4.90 Å². The monoisotopic (exact) mass is 402 g/mol. The molecule has 0 bridgehead atoms. The smallest absolute Gasteiger partial charge is 0.253 e. The van der Waals surface area contributed by atoms with Gasteiger partial charge in [-0.25, -0.2) is 4.98 Å². The van der Waals surface area contributed by atoms with E-state index in [1.54, 1.807) is 17.2 Å². The van der Waals surface area contributed by atoms with Gasteiger partial charge in [0.2, 0.25) is 0 Å². The SMILES string of the molecule is CC(C)c1cccc2sc(N(Cc3ccco3)C(=O)/C=C/c3ccccc3)nc12. The number of nitrogens with zero attached hydrogens (tertiary/aromatic N) is 2. The molecule has 0 aliphatic carbocycles. The van der Waals surface area contributed by atoms with Crippen molar-refractivity contribution in [3.05, 3.63) is 89.9 Å². The van der Waals surface area contributed by atoms with Crippen LogP contribution >= 0.6 is 11.3 Å². The third-order valence-corrected chi connectivity index (χ3v) is 5.71. The average molecular weight is 403 g/mol. The summed E-state index contributed by atoms with van der Waals surface area (Å²) in [6.45, 7) is 4.64. The molecule has 4 rings (SSSR count). The molecule has 0 unspecified atom stereocenters. The standard InChI is InChI=1S/C24H22N2O2S/c1-17(2)20-11-6-12-21-23(20)25-24(29-21)26(16-19-10-7-15-28-19)22(27)14-13-18-8-4-3-5-9-18/h3-15,17H,16H2,1-2H3/b14-13+. The zero-order valence-corrected chi connectivity index (χ0v) is 17.2. The Morgan fingerprint density at radius 3 is 2.66 bits per heavy atom. The number of carbonyl (C=O) groups is 1. The fourth-order valence-electron chi connectivity index (χ4n) is 3.16. The number of fused-ring (bicyclic) bond motifs is 1. The second-order valence-corrected chi connectivity index (χ2v) is 8.10. The van der Waals surface area contributed by atoms with Crippen LogP contribution in [0.5, 0.6) is 0 Å². The fraction of sp³-hybridized carbons (Fsp3) is 0.167. The van der Waals surface area contributed by atoms with Crippen molar-refractivity contribution in [2.24, 2.45) is 0 Å². The Morgan fingerprint density at radius 1 is 1.10 bits per heavy atom. The quantitative estimate of drug-likeness (QED) is 0.358. The number of anilines is 1. The van der Waals surface area contributed by atoms with Gasteiger partial charge in [-0.2, -0.15) is 0 Å². The van der Waals surface area contributed by atoms with E-state index in [2.05, 4.69) is 26.0 Å². The van der Waals surface area contributed by atoms with Gasteiger partial charge in [-0.3, -0.25) is 9.69 Å². The summed E-state index contributed by atoms with van der Waals surface area (Å²) in [4.78, 5) is 19.6. The molecule has 0 radical (unpaired) electrons. The maximum Gasteiger partial charge on any atom is 0.253 e. The van der Waals surface area contributed by atoms with Gasteiger partial charge in [0.25, 0.3) is 5.91 Å². The minimum Gasteiger partial charge on any atom is -0.467 e. The van der Waals surface area contributed by atoms with Crippen LogP contribution in [0.3, 0.4) is 0 Å². The van der Waals surface area contributed by atoms with Gasteiger partial charge in [-0.05, 0) is 41.3 Å². The maximum absolute atomic E-state index is 13.1. The zero-order chi connectivity index (χ0) is 20.2. The first-order valence-electron chi connectivity index (χ1n) is 9.58. The van der Waals surface area contributed by atoms with E-state index in [0.29, 0.717) is 17.6 Å². The Balaban J connectivity index is 1.70. The number of hydrogen-bond acceptors (Lipinski definition) is 4. The van der Waals surface area contributed by atoms with Crippen LogP contribution in [0, 0.1) is 0 Å². The molecule has 0 saturated heterocycles. The number of carbonyl (C=O) groups excluding carboxylic acids is 1. The second-order valence-electron chi connectivity index (χ2n) is 7.09. The van der Waals surface area contributed by atoms with Crippen molar-refractivity contribution < 1.29 is 9.21 Å². The van der Waals surface area contributed by atoms with E-state index in [1.165, 1.54) is 16.9 Å². The summed E-state index contributed by atoms with van der Waals surface area (Å²) in [6, 6.07) is 19.7. The van der Waals surface area contributed by atoms with E-state index in [9.17, 15) is 4.79 Å². The van der Waals surface area contributed by atoms with E-state index in [4.69, 9.17) is 9.40 Å². The van der Waals surface area contributed by atoms with Crippen LogP contribution in [-0.4, -0.2) is 10.9 Å². The fourth-order valence-corrected chi connectivity index (χ4v) is 4.16. The maximum atomic E-state index is 13.1. The molecule has 146 valence electrons. The lowest BCUT2D eigenvalue weighted by Crippen LogP contribution is -2.28. The summed E-state index contributed by atoms with van der Waals surface area (Å²) < 4.78 is 6.57. The Bertz CT molecular complexity index is 1130. The van der Waals surface area contributed by atoms with E-state index in [1.807, 2.05) is 54.6 Å². The van der Waals surface area contributed by atoms with Crippen LogP contribution in [0.1, 0.15) is 36.7 Å². The normalized spacial score (nSPS) is 11.6. The van der Waals surface area contributed by atoms with Crippen molar-refractivity contribution >= 4 is 38.7 Å². The Labute approximate surface area is 174 Å². The summed E-state index contributed by atoms with van der Waals surface area (Å²) in [5.74, 6) is 0.950. The highest BCUT2D eigenvalue weighted by Crippen LogP contribution is 2.34. The van der Waals surface area contributed by atoms with Crippen LogP contribution in [0.2, 0.25) is 0 Å². The topological polar surface area (TPSA) is 46.3 Å². The van der Waals surface area contributed by atoms with Crippen molar-refractivity contribution in [1.82, 2.24) is 4.98 Å². The molecule has 2 aromatic carbocycles. The van der Waals surface area contributed by atoms with Gasteiger partial charge in [0.05, 0.1) is 23.0 Å². The van der Waals surface area contributed by atoms with Crippen LogP contribution in [0.15, 0.2) is 77.4 Å². The molecule has 2 aromatic heterocycles. The average Bonchev–Trinajstić information content (AvgIpc) is 3.40. The number of amides is 1. The number of aromatic nitrogens is 1. The van der Waals surface area contributed by atoms with Crippen molar-refractivity contribution in [1.29, 1.82) is 0 Å². The molecule has 0 spiro atoms. The van der Waals surface area contributed by atoms with Crippen molar-refractivity contribution in [3.63, 3.8) is 0 Å². The van der Waals surface area contributed by atoms with Gasteiger partial charge in [0, 0.05) is 6.08 Å². The third kappa shape index (κ3) is 4.30. The van der Waals surface area contributed by atoms with Gasteiger partial charge >= 0.3 is 0 Å². The predicted octanol–water partition coefficient (Wildman–Crippen LogP) is 6.26.